The molecule has 0 aromatic carbocycles. The van der Waals surface area contributed by atoms with Crippen molar-refractivity contribution in [1.29, 1.82) is 0 Å². The fourth-order valence-corrected chi connectivity index (χ4v) is 1.48. The monoisotopic (exact) mass is 232 g/mol. The molecule has 76 valence electrons. The molecule has 1 aromatic rings. The Morgan fingerprint density at radius 1 is 1.43 bits per heavy atom. The Labute approximate surface area is 92.5 Å². The van der Waals surface area contributed by atoms with Gasteiger partial charge in [0.25, 0.3) is 5.24 Å². The summed E-state index contributed by atoms with van der Waals surface area (Å²) in [6, 6.07) is 0. The molecule has 0 bridgehead atoms. The zero-order valence-corrected chi connectivity index (χ0v) is 9.65. The molecule has 0 N–H and O–H groups in total. The van der Waals surface area contributed by atoms with Crippen LogP contribution in [-0.2, 0) is 5.41 Å². The van der Waals surface area contributed by atoms with Crippen LogP contribution in [0.4, 0.5) is 0 Å². The third-order valence-corrected chi connectivity index (χ3v) is 2.10. The van der Waals surface area contributed by atoms with Crippen LogP contribution in [0.1, 0.15) is 37.0 Å². The van der Waals surface area contributed by atoms with Crippen molar-refractivity contribution in [2.24, 2.45) is 0 Å². The number of hydrogen-bond donors (Lipinski definition) is 0. The average Bonchev–Trinajstić information content (AvgIpc) is 2.01. The second-order valence-electron chi connectivity index (χ2n) is 3.92. The van der Waals surface area contributed by atoms with Crippen molar-refractivity contribution in [3.8, 4) is 0 Å². The van der Waals surface area contributed by atoms with Crippen molar-refractivity contribution in [3.05, 3.63) is 22.7 Å². The lowest BCUT2D eigenvalue weighted by molar-refractivity contribution is 0.107. The van der Waals surface area contributed by atoms with Gasteiger partial charge in [-0.2, -0.15) is 0 Å². The second kappa shape index (κ2) is 3.83. The molecular formula is C9H10Cl2N2O. The van der Waals surface area contributed by atoms with Crippen LogP contribution < -0.4 is 0 Å². The molecule has 0 aliphatic heterocycles. The summed E-state index contributed by atoms with van der Waals surface area (Å²) in [7, 11) is 0. The quantitative estimate of drug-likeness (QED) is 0.700. The van der Waals surface area contributed by atoms with E-state index in [1.807, 2.05) is 20.8 Å². The van der Waals surface area contributed by atoms with Crippen molar-refractivity contribution in [2.75, 3.05) is 0 Å². The zero-order chi connectivity index (χ0) is 10.9. The van der Waals surface area contributed by atoms with E-state index in [0.29, 0.717) is 5.69 Å². The molecule has 0 aliphatic rings. The Bertz CT molecular complexity index is 372. The third-order valence-electron chi connectivity index (χ3n) is 1.64. The minimum absolute atomic E-state index is 0.0738. The van der Waals surface area contributed by atoms with Crippen LogP contribution in [0.2, 0.25) is 5.15 Å². The van der Waals surface area contributed by atoms with E-state index in [1.165, 1.54) is 6.20 Å². The number of carbonyl (C=O) groups is 1. The van der Waals surface area contributed by atoms with Gasteiger partial charge in [0, 0.05) is 5.41 Å². The van der Waals surface area contributed by atoms with Gasteiger partial charge in [-0.05, 0) is 11.6 Å². The molecule has 0 saturated heterocycles. The van der Waals surface area contributed by atoms with Gasteiger partial charge >= 0.3 is 0 Å². The Kier molecular flexibility index (Phi) is 3.12. The number of rotatable bonds is 1. The summed E-state index contributed by atoms with van der Waals surface area (Å²) >= 11 is 11.1. The highest BCUT2D eigenvalue weighted by atomic mass is 35.5. The van der Waals surface area contributed by atoms with Gasteiger partial charge in [-0.15, -0.1) is 0 Å². The highest BCUT2D eigenvalue weighted by molar-refractivity contribution is 6.67. The predicted molar refractivity (Wildman–Crippen MR) is 55.9 cm³/mol. The summed E-state index contributed by atoms with van der Waals surface area (Å²) in [5.74, 6) is 0. The Morgan fingerprint density at radius 3 is 2.36 bits per heavy atom. The number of nitrogens with zero attached hydrogens (tertiary/aromatic N) is 2. The van der Waals surface area contributed by atoms with Crippen LogP contribution in [0.3, 0.4) is 0 Å². The highest BCUT2D eigenvalue weighted by Crippen LogP contribution is 2.25. The van der Waals surface area contributed by atoms with Gasteiger partial charge in [0.15, 0.2) is 5.15 Å². The normalized spacial score (nSPS) is 11.5. The fraction of sp³-hybridized carbons (Fsp3) is 0.444. The van der Waals surface area contributed by atoms with Gasteiger partial charge in [0.05, 0.1) is 11.9 Å². The Morgan fingerprint density at radius 2 is 2.00 bits per heavy atom. The lowest BCUT2D eigenvalue weighted by Gasteiger charge is -2.18. The van der Waals surface area contributed by atoms with E-state index in [1.54, 1.807) is 0 Å². The molecular weight excluding hydrogens is 223 g/mol. The number of hydrogen-bond acceptors (Lipinski definition) is 3. The zero-order valence-electron chi connectivity index (χ0n) is 8.14. The molecule has 0 fully saturated rings. The van der Waals surface area contributed by atoms with Crippen LogP contribution in [0.25, 0.3) is 0 Å². The molecule has 0 amide bonds. The number of carbonyl (C=O) groups excluding carboxylic acids is 1. The van der Waals surface area contributed by atoms with Gasteiger partial charge in [0.1, 0.15) is 5.69 Å². The van der Waals surface area contributed by atoms with E-state index in [9.17, 15) is 4.79 Å². The highest BCUT2D eigenvalue weighted by Gasteiger charge is 2.21. The molecule has 3 nitrogen and oxygen atoms in total. The Hall–Kier alpha value is -0.670. The van der Waals surface area contributed by atoms with E-state index in [0.717, 1.165) is 0 Å². The summed E-state index contributed by atoms with van der Waals surface area (Å²) < 4.78 is 0. The van der Waals surface area contributed by atoms with Crippen LogP contribution >= 0.6 is 23.2 Å². The first-order valence-electron chi connectivity index (χ1n) is 4.05. The predicted octanol–water partition coefficient (Wildman–Crippen LogP) is 2.81. The first-order chi connectivity index (χ1) is 6.32. The largest absolute Gasteiger partial charge is 0.274 e. The SMILES string of the molecule is CC(C)(C)c1ncc(C(=O)Cl)nc1Cl. The molecule has 5 heteroatoms. The van der Waals surface area contributed by atoms with Crippen molar-refractivity contribution in [3.63, 3.8) is 0 Å². The van der Waals surface area contributed by atoms with E-state index in [-0.39, 0.29) is 16.3 Å². The summed E-state index contributed by atoms with van der Waals surface area (Å²) in [4.78, 5) is 18.7. The van der Waals surface area contributed by atoms with Crippen molar-refractivity contribution in [1.82, 2.24) is 9.97 Å². The van der Waals surface area contributed by atoms with E-state index in [2.05, 4.69) is 9.97 Å². The van der Waals surface area contributed by atoms with Crippen molar-refractivity contribution < 1.29 is 4.79 Å². The van der Waals surface area contributed by atoms with E-state index >= 15 is 0 Å². The summed E-state index contributed by atoms with van der Waals surface area (Å²) in [5, 5.41) is -0.427. The van der Waals surface area contributed by atoms with Crippen LogP contribution in [0.5, 0.6) is 0 Å². The van der Waals surface area contributed by atoms with Gasteiger partial charge in [-0.1, -0.05) is 32.4 Å². The maximum absolute atomic E-state index is 10.8. The lowest BCUT2D eigenvalue weighted by atomic mass is 9.93. The first kappa shape index (κ1) is 11.4. The molecule has 1 rings (SSSR count). The summed E-state index contributed by atoms with van der Waals surface area (Å²) in [6.45, 7) is 5.89. The van der Waals surface area contributed by atoms with E-state index < -0.39 is 5.24 Å². The fourth-order valence-electron chi connectivity index (χ4n) is 0.964. The molecule has 1 heterocycles. The maximum atomic E-state index is 10.8. The molecule has 1 aromatic heterocycles. The number of halogens is 2. The van der Waals surface area contributed by atoms with Crippen LogP contribution in [-0.4, -0.2) is 15.2 Å². The molecule has 0 saturated carbocycles. The minimum atomic E-state index is -0.653. The Balaban J connectivity index is 3.21. The van der Waals surface area contributed by atoms with Crippen LogP contribution in [0, 0.1) is 0 Å². The molecule has 0 atom stereocenters. The van der Waals surface area contributed by atoms with Crippen LogP contribution in [0.15, 0.2) is 6.20 Å². The standard InChI is InChI=1S/C9H10Cl2N2O/c1-9(2,3)6-7(10)13-5(4-12-6)8(11)14/h4H,1-3H3. The van der Waals surface area contributed by atoms with Gasteiger partial charge in [0.2, 0.25) is 0 Å². The van der Waals surface area contributed by atoms with E-state index in [4.69, 9.17) is 23.2 Å². The average molecular weight is 233 g/mol. The maximum Gasteiger partial charge on any atom is 0.272 e. The van der Waals surface area contributed by atoms with Gasteiger partial charge in [-0.25, -0.2) is 4.98 Å². The smallest absolute Gasteiger partial charge is 0.272 e. The molecule has 14 heavy (non-hydrogen) atoms. The first-order valence-corrected chi connectivity index (χ1v) is 4.81. The van der Waals surface area contributed by atoms with Crippen molar-refractivity contribution >= 4 is 28.4 Å². The minimum Gasteiger partial charge on any atom is -0.274 e. The molecule has 0 radical (unpaired) electrons. The summed E-state index contributed by atoms with van der Waals surface area (Å²) in [6.07, 6.45) is 1.34. The number of aromatic nitrogens is 2. The molecule has 0 spiro atoms. The molecule has 0 aliphatic carbocycles. The lowest BCUT2D eigenvalue weighted by Crippen LogP contribution is -2.16. The molecule has 0 unspecified atom stereocenters. The topological polar surface area (TPSA) is 42.9 Å². The van der Waals surface area contributed by atoms with Crippen molar-refractivity contribution in [2.45, 2.75) is 26.2 Å². The van der Waals surface area contributed by atoms with Gasteiger partial charge in [-0.3, -0.25) is 9.78 Å². The third kappa shape index (κ3) is 2.42. The summed E-state index contributed by atoms with van der Waals surface area (Å²) in [5.41, 5.74) is 0.531. The van der Waals surface area contributed by atoms with Gasteiger partial charge < -0.3 is 0 Å². The second-order valence-corrected chi connectivity index (χ2v) is 4.62.